The van der Waals surface area contributed by atoms with Gasteiger partial charge in [-0.05, 0) is 37.1 Å². The number of hydrogen-bond acceptors (Lipinski definition) is 3. The molecule has 1 fully saturated rings. The Morgan fingerprint density at radius 1 is 1.25 bits per heavy atom. The molecular formula is C15H12F3N3O3. The van der Waals surface area contributed by atoms with E-state index in [4.69, 9.17) is 5.11 Å². The molecule has 2 aromatic rings. The summed E-state index contributed by atoms with van der Waals surface area (Å²) >= 11 is 0. The maximum absolute atomic E-state index is 12.6. The van der Waals surface area contributed by atoms with E-state index in [-0.39, 0.29) is 11.3 Å². The molecule has 1 aromatic carbocycles. The molecule has 1 aromatic heterocycles. The highest BCUT2D eigenvalue weighted by Crippen LogP contribution is 2.35. The molecule has 0 bridgehead atoms. The van der Waals surface area contributed by atoms with Crippen molar-refractivity contribution < 1.29 is 27.9 Å². The van der Waals surface area contributed by atoms with E-state index in [9.17, 15) is 22.8 Å². The summed E-state index contributed by atoms with van der Waals surface area (Å²) in [6.45, 7) is 0. The van der Waals surface area contributed by atoms with E-state index in [1.807, 2.05) is 0 Å². The lowest BCUT2D eigenvalue weighted by molar-refractivity contribution is -0.141. The van der Waals surface area contributed by atoms with Gasteiger partial charge in [0, 0.05) is 11.8 Å². The molecule has 1 amide bonds. The summed E-state index contributed by atoms with van der Waals surface area (Å²) in [5, 5.41) is 15.0. The number of hydrogen-bond donors (Lipinski definition) is 2. The van der Waals surface area contributed by atoms with Gasteiger partial charge < -0.3 is 10.4 Å². The molecule has 0 radical (unpaired) electrons. The number of carboxylic acid groups (broad SMARTS) is 1. The number of alkyl halides is 3. The highest BCUT2D eigenvalue weighted by molar-refractivity contribution is 5.99. The van der Waals surface area contributed by atoms with Crippen molar-refractivity contribution in [2.24, 2.45) is 0 Å². The molecule has 0 atom stereocenters. The largest absolute Gasteiger partial charge is 0.480 e. The van der Waals surface area contributed by atoms with E-state index in [2.05, 4.69) is 10.4 Å². The summed E-state index contributed by atoms with van der Waals surface area (Å²) in [6.07, 6.45) is -2.72. The number of amides is 1. The smallest absolute Gasteiger partial charge is 0.435 e. The predicted octanol–water partition coefficient (Wildman–Crippen LogP) is 2.24. The van der Waals surface area contributed by atoms with Gasteiger partial charge in [-0.1, -0.05) is 6.07 Å². The zero-order chi connectivity index (χ0) is 17.5. The van der Waals surface area contributed by atoms with Gasteiger partial charge in [0.25, 0.3) is 5.91 Å². The monoisotopic (exact) mass is 339 g/mol. The second-order valence-corrected chi connectivity index (χ2v) is 5.54. The number of nitrogens with one attached hydrogen (secondary N) is 1. The normalized spacial score (nSPS) is 15.8. The Kier molecular flexibility index (Phi) is 3.58. The average molecular weight is 339 g/mol. The van der Waals surface area contributed by atoms with Crippen molar-refractivity contribution in [3.63, 3.8) is 0 Å². The molecular weight excluding hydrogens is 327 g/mol. The van der Waals surface area contributed by atoms with Crippen LogP contribution in [0, 0.1) is 0 Å². The van der Waals surface area contributed by atoms with Gasteiger partial charge in [0.1, 0.15) is 5.54 Å². The number of halogens is 3. The molecule has 1 aliphatic carbocycles. The molecule has 1 aliphatic rings. The van der Waals surface area contributed by atoms with Crippen LogP contribution in [0.5, 0.6) is 0 Å². The lowest BCUT2D eigenvalue weighted by Gasteiger charge is -2.13. The first kappa shape index (κ1) is 16.0. The van der Waals surface area contributed by atoms with Gasteiger partial charge in [0.15, 0.2) is 5.69 Å². The zero-order valence-corrected chi connectivity index (χ0v) is 12.2. The van der Waals surface area contributed by atoms with Gasteiger partial charge in [-0.15, -0.1) is 0 Å². The van der Waals surface area contributed by atoms with Crippen LogP contribution in [-0.4, -0.2) is 32.3 Å². The molecule has 0 aliphatic heterocycles. The minimum Gasteiger partial charge on any atom is -0.480 e. The number of carboxylic acids is 1. The zero-order valence-electron chi connectivity index (χ0n) is 12.2. The molecule has 126 valence electrons. The number of carbonyl (C=O) groups excluding carboxylic acids is 1. The first-order valence-electron chi connectivity index (χ1n) is 7.00. The first-order valence-corrected chi connectivity index (χ1v) is 7.00. The Morgan fingerprint density at radius 2 is 1.96 bits per heavy atom. The number of aromatic nitrogens is 2. The van der Waals surface area contributed by atoms with Crippen LogP contribution in [-0.2, 0) is 11.0 Å². The standard InChI is InChI=1S/C15H12F3N3O3/c16-15(17,18)11-4-7-21(20-11)10-3-1-2-9(8-10)12(22)19-14(5-6-14)13(23)24/h1-4,7-8H,5-6H2,(H,19,22)(H,23,24). The van der Waals surface area contributed by atoms with E-state index < -0.39 is 29.3 Å². The van der Waals surface area contributed by atoms with E-state index >= 15 is 0 Å². The molecule has 0 spiro atoms. The minimum atomic E-state index is -4.56. The van der Waals surface area contributed by atoms with Crippen molar-refractivity contribution in [1.82, 2.24) is 15.1 Å². The van der Waals surface area contributed by atoms with E-state index in [0.29, 0.717) is 12.8 Å². The van der Waals surface area contributed by atoms with Crippen molar-refractivity contribution in [2.45, 2.75) is 24.6 Å². The van der Waals surface area contributed by atoms with Crippen LogP contribution in [0.4, 0.5) is 13.2 Å². The SMILES string of the molecule is O=C(NC1(C(=O)O)CC1)c1cccc(-n2ccc(C(F)(F)F)n2)c1. The summed E-state index contributed by atoms with van der Waals surface area (Å²) in [6, 6.07) is 6.61. The summed E-state index contributed by atoms with van der Waals surface area (Å²) in [7, 11) is 0. The number of nitrogens with zero attached hydrogens (tertiary/aromatic N) is 2. The predicted molar refractivity (Wildman–Crippen MR) is 75.6 cm³/mol. The third-order valence-electron chi connectivity index (χ3n) is 3.76. The van der Waals surface area contributed by atoms with Crippen molar-refractivity contribution >= 4 is 11.9 Å². The van der Waals surface area contributed by atoms with Crippen molar-refractivity contribution in [1.29, 1.82) is 0 Å². The fourth-order valence-corrected chi connectivity index (χ4v) is 2.22. The van der Waals surface area contributed by atoms with Crippen molar-refractivity contribution in [2.75, 3.05) is 0 Å². The quantitative estimate of drug-likeness (QED) is 0.895. The topological polar surface area (TPSA) is 84.2 Å². The molecule has 3 rings (SSSR count). The van der Waals surface area contributed by atoms with Gasteiger partial charge in [-0.3, -0.25) is 4.79 Å². The first-order chi connectivity index (χ1) is 11.2. The van der Waals surface area contributed by atoms with E-state index in [1.165, 1.54) is 24.3 Å². The number of rotatable bonds is 4. The van der Waals surface area contributed by atoms with Crippen LogP contribution in [0.3, 0.4) is 0 Å². The van der Waals surface area contributed by atoms with Crippen LogP contribution in [0.1, 0.15) is 28.9 Å². The molecule has 0 unspecified atom stereocenters. The third kappa shape index (κ3) is 2.97. The molecule has 24 heavy (non-hydrogen) atoms. The average Bonchev–Trinajstić information content (AvgIpc) is 3.12. The second-order valence-electron chi connectivity index (χ2n) is 5.54. The third-order valence-corrected chi connectivity index (χ3v) is 3.76. The molecule has 0 saturated heterocycles. The number of carbonyl (C=O) groups is 2. The lowest BCUT2D eigenvalue weighted by Crippen LogP contribution is -2.43. The minimum absolute atomic E-state index is 0.143. The Morgan fingerprint density at radius 3 is 2.50 bits per heavy atom. The molecule has 9 heteroatoms. The Balaban J connectivity index is 1.83. The molecule has 1 heterocycles. The van der Waals surface area contributed by atoms with E-state index in [0.717, 1.165) is 16.9 Å². The van der Waals surface area contributed by atoms with E-state index in [1.54, 1.807) is 0 Å². The van der Waals surface area contributed by atoms with Crippen LogP contribution in [0.25, 0.3) is 5.69 Å². The van der Waals surface area contributed by atoms with Gasteiger partial charge in [-0.25, -0.2) is 9.48 Å². The Hall–Kier alpha value is -2.84. The highest BCUT2D eigenvalue weighted by atomic mass is 19.4. The lowest BCUT2D eigenvalue weighted by atomic mass is 10.1. The van der Waals surface area contributed by atoms with Gasteiger partial charge in [0.2, 0.25) is 0 Å². The van der Waals surface area contributed by atoms with Crippen molar-refractivity contribution in [3.05, 3.63) is 47.8 Å². The maximum Gasteiger partial charge on any atom is 0.435 e. The fourth-order valence-electron chi connectivity index (χ4n) is 2.22. The van der Waals surface area contributed by atoms with Crippen LogP contribution in [0.2, 0.25) is 0 Å². The molecule has 1 saturated carbocycles. The second kappa shape index (κ2) is 5.36. The highest BCUT2D eigenvalue weighted by Gasteiger charge is 2.51. The van der Waals surface area contributed by atoms with Crippen molar-refractivity contribution in [3.8, 4) is 5.69 Å². The van der Waals surface area contributed by atoms with Crippen LogP contribution >= 0.6 is 0 Å². The van der Waals surface area contributed by atoms with Gasteiger partial charge in [-0.2, -0.15) is 18.3 Å². The van der Waals surface area contributed by atoms with Gasteiger partial charge in [0.05, 0.1) is 5.69 Å². The summed E-state index contributed by atoms with van der Waals surface area (Å²) < 4.78 is 38.8. The van der Waals surface area contributed by atoms with Crippen LogP contribution < -0.4 is 5.32 Å². The number of benzene rings is 1. The summed E-state index contributed by atoms with van der Waals surface area (Å²) in [4.78, 5) is 23.3. The summed E-state index contributed by atoms with van der Waals surface area (Å²) in [5.74, 6) is -1.70. The van der Waals surface area contributed by atoms with Gasteiger partial charge >= 0.3 is 12.1 Å². The Labute approximate surface area is 133 Å². The maximum atomic E-state index is 12.6. The fraction of sp³-hybridized carbons (Fsp3) is 0.267. The summed E-state index contributed by atoms with van der Waals surface area (Å²) in [5.41, 5.74) is -1.87. The Bertz CT molecular complexity index is 810. The molecule has 2 N–H and O–H groups in total. The van der Waals surface area contributed by atoms with Crippen LogP contribution in [0.15, 0.2) is 36.5 Å². The number of aliphatic carboxylic acids is 1. The molecule has 6 nitrogen and oxygen atoms in total.